The van der Waals surface area contributed by atoms with Crippen molar-refractivity contribution in [2.75, 3.05) is 0 Å². The second kappa shape index (κ2) is 332. The van der Waals surface area contributed by atoms with Crippen LogP contribution in [0.5, 0.6) is 0 Å². The van der Waals surface area contributed by atoms with Crippen molar-refractivity contribution in [3.05, 3.63) is 0 Å². The van der Waals surface area contributed by atoms with Crippen LogP contribution >= 0.6 is 0 Å². The summed E-state index contributed by atoms with van der Waals surface area (Å²) >= 11 is 0. The van der Waals surface area contributed by atoms with Crippen LogP contribution in [-0.2, 0) is 4.79 Å². The molecule has 0 unspecified atom stereocenters. The van der Waals surface area contributed by atoms with E-state index in [4.69, 9.17) is 9.90 Å². The predicted molar refractivity (Wildman–Crippen MR) is 22.7 cm³/mol. The molecule has 0 saturated heterocycles. The third kappa shape index (κ3) is 52.0. The normalized spacial score (nSPS) is 2.00. The molecule has 0 aliphatic carbocycles. The van der Waals surface area contributed by atoms with Crippen molar-refractivity contribution in [3.8, 4) is 0 Å². The smallest absolute Gasteiger partial charge is 0.290 e. The maximum absolute atomic E-state index is 8.36. The molecule has 0 aromatic rings. The lowest BCUT2D eigenvalue weighted by molar-refractivity contribution is -0.122. The molecule has 0 radical (unpaired) electrons. The monoisotopic (exact) mass is 98.1 g/mol. The van der Waals surface area contributed by atoms with E-state index >= 15 is 0 Å². The first-order chi connectivity index (χ1) is 1.41. The summed E-state index contributed by atoms with van der Waals surface area (Å²) in [4.78, 5) is 8.36. The highest BCUT2D eigenvalue weighted by Gasteiger charge is 1.22. The Hall–Kier alpha value is -0.610. The first kappa shape index (κ1) is 53.8. The van der Waals surface area contributed by atoms with Crippen LogP contribution in [0.2, 0.25) is 0 Å². The minimum atomic E-state index is -0.250. The van der Waals surface area contributed by atoms with E-state index in [-0.39, 0.29) is 24.9 Å². The standard InChI is InChI=1S/CH2O2.CH4.2H2O/c2-1-3;;;/h1H,(H,2,3);1H4;2*1H2. The minimum Gasteiger partial charge on any atom is -0.483 e. The Labute approximate surface area is 36.0 Å². The fourth-order valence-corrected chi connectivity index (χ4v) is 0. The largest absolute Gasteiger partial charge is 0.483 e. The van der Waals surface area contributed by atoms with Crippen molar-refractivity contribution >= 4 is 6.47 Å². The van der Waals surface area contributed by atoms with Crippen molar-refractivity contribution in [2.24, 2.45) is 0 Å². The molecule has 0 atom stereocenters. The van der Waals surface area contributed by atoms with Gasteiger partial charge in [0.05, 0.1) is 0 Å². The number of hydrogen-bond acceptors (Lipinski definition) is 1. The van der Waals surface area contributed by atoms with Crippen LogP contribution < -0.4 is 0 Å². The Morgan fingerprint density at radius 2 is 1.33 bits per heavy atom. The van der Waals surface area contributed by atoms with Gasteiger partial charge in [-0.2, -0.15) is 0 Å². The summed E-state index contributed by atoms with van der Waals surface area (Å²) in [6.07, 6.45) is 0. The molecule has 42 valence electrons. The van der Waals surface area contributed by atoms with E-state index in [1.165, 1.54) is 0 Å². The summed E-state index contributed by atoms with van der Waals surface area (Å²) in [6.45, 7) is -0.250. The third-order valence-corrected chi connectivity index (χ3v) is 0. The van der Waals surface area contributed by atoms with Gasteiger partial charge in [0, 0.05) is 0 Å². The van der Waals surface area contributed by atoms with Crippen LogP contribution in [0.3, 0.4) is 0 Å². The molecular formula is C2H10O4. The van der Waals surface area contributed by atoms with Crippen LogP contribution in [0, 0.1) is 0 Å². The quantitative estimate of drug-likeness (QED) is 0.380. The molecule has 0 rings (SSSR count). The summed E-state index contributed by atoms with van der Waals surface area (Å²) in [7, 11) is 0. The second-order valence-electron chi connectivity index (χ2n) is 0.105. The second-order valence-corrected chi connectivity index (χ2v) is 0.105. The SMILES string of the molecule is C.O.O.O=CO. The molecule has 0 amide bonds. The Bertz CT molecular complexity index is 13.0. The number of rotatable bonds is 0. The molecule has 0 fully saturated rings. The van der Waals surface area contributed by atoms with Gasteiger partial charge in [0.2, 0.25) is 0 Å². The third-order valence-electron chi connectivity index (χ3n) is 0. The first-order valence-electron chi connectivity index (χ1n) is 0.494. The van der Waals surface area contributed by atoms with E-state index in [0.29, 0.717) is 0 Å². The van der Waals surface area contributed by atoms with Crippen LogP contribution in [0.25, 0.3) is 0 Å². The van der Waals surface area contributed by atoms with E-state index in [0.717, 1.165) is 0 Å². The Morgan fingerprint density at radius 3 is 1.33 bits per heavy atom. The van der Waals surface area contributed by atoms with Gasteiger partial charge >= 0.3 is 0 Å². The van der Waals surface area contributed by atoms with Crippen LogP contribution in [0.1, 0.15) is 7.43 Å². The molecule has 4 nitrogen and oxygen atoms in total. The van der Waals surface area contributed by atoms with Gasteiger partial charge in [-0.3, -0.25) is 4.79 Å². The summed E-state index contributed by atoms with van der Waals surface area (Å²) in [5.74, 6) is 0. The van der Waals surface area contributed by atoms with Crippen molar-refractivity contribution in [1.29, 1.82) is 0 Å². The van der Waals surface area contributed by atoms with E-state index in [9.17, 15) is 0 Å². The van der Waals surface area contributed by atoms with Gasteiger partial charge < -0.3 is 16.1 Å². The average molecular weight is 98.1 g/mol. The molecular weight excluding hydrogens is 88.0 g/mol. The van der Waals surface area contributed by atoms with Gasteiger partial charge in [-0.25, -0.2) is 0 Å². The first-order valence-corrected chi connectivity index (χ1v) is 0.494. The minimum absolute atomic E-state index is 0. The molecule has 5 N–H and O–H groups in total. The maximum atomic E-state index is 8.36. The van der Waals surface area contributed by atoms with Crippen LogP contribution in [0.15, 0.2) is 0 Å². The highest BCUT2D eigenvalue weighted by molar-refractivity contribution is 5.32. The van der Waals surface area contributed by atoms with E-state index in [2.05, 4.69) is 0 Å². The zero-order chi connectivity index (χ0) is 2.71. The Kier molecular flexibility index (Phi) is 2970. The van der Waals surface area contributed by atoms with E-state index in [1.807, 2.05) is 0 Å². The fourth-order valence-electron chi connectivity index (χ4n) is 0. The van der Waals surface area contributed by atoms with Gasteiger partial charge in [-0.1, -0.05) is 7.43 Å². The zero-order valence-corrected chi connectivity index (χ0v) is 2.43. The molecule has 0 aromatic carbocycles. The van der Waals surface area contributed by atoms with Gasteiger partial charge in [0.15, 0.2) is 0 Å². The number of carbonyl (C=O) groups is 1. The molecule has 6 heavy (non-hydrogen) atoms. The van der Waals surface area contributed by atoms with Crippen molar-refractivity contribution in [3.63, 3.8) is 0 Å². The molecule has 0 aliphatic rings. The molecule has 0 heterocycles. The topological polar surface area (TPSA) is 100 Å². The molecule has 0 spiro atoms. The van der Waals surface area contributed by atoms with Crippen LogP contribution in [0.4, 0.5) is 0 Å². The summed E-state index contributed by atoms with van der Waals surface area (Å²) in [5.41, 5.74) is 0. The molecule has 0 bridgehead atoms. The van der Waals surface area contributed by atoms with Gasteiger partial charge in [0.25, 0.3) is 6.47 Å². The summed E-state index contributed by atoms with van der Waals surface area (Å²) in [6, 6.07) is 0. The Balaban J connectivity index is -0.00000000667. The van der Waals surface area contributed by atoms with Crippen LogP contribution in [-0.4, -0.2) is 22.5 Å². The zero-order valence-electron chi connectivity index (χ0n) is 2.43. The van der Waals surface area contributed by atoms with Gasteiger partial charge in [0.1, 0.15) is 0 Å². The lowest BCUT2D eigenvalue weighted by Gasteiger charge is -1.34. The summed E-state index contributed by atoms with van der Waals surface area (Å²) < 4.78 is 0. The number of hydrogen-bond donors (Lipinski definition) is 1. The highest BCUT2D eigenvalue weighted by atomic mass is 16.3. The van der Waals surface area contributed by atoms with E-state index in [1.54, 1.807) is 0 Å². The van der Waals surface area contributed by atoms with Gasteiger partial charge in [-0.05, 0) is 0 Å². The van der Waals surface area contributed by atoms with Crippen molar-refractivity contribution in [1.82, 2.24) is 0 Å². The molecule has 0 aliphatic heterocycles. The van der Waals surface area contributed by atoms with Crippen molar-refractivity contribution in [2.45, 2.75) is 7.43 Å². The highest BCUT2D eigenvalue weighted by Crippen LogP contribution is 0.966. The van der Waals surface area contributed by atoms with Gasteiger partial charge in [-0.15, -0.1) is 0 Å². The van der Waals surface area contributed by atoms with E-state index < -0.39 is 0 Å². The summed E-state index contributed by atoms with van der Waals surface area (Å²) in [5, 5.41) is 6.89. The Morgan fingerprint density at radius 1 is 1.33 bits per heavy atom. The maximum Gasteiger partial charge on any atom is 0.290 e. The predicted octanol–water partition coefficient (Wildman–Crippen LogP) is -1.31. The average Bonchev–Trinajstić information content (AvgIpc) is 0.918. The van der Waals surface area contributed by atoms with Crippen molar-refractivity contribution < 1.29 is 20.9 Å². The number of carboxylic acid groups (broad SMARTS) is 1. The molecule has 0 aromatic heterocycles. The molecule has 4 heteroatoms. The fraction of sp³-hybridized carbons (Fsp3) is 0.500. The lowest BCUT2D eigenvalue weighted by Crippen LogP contribution is -1.49. The molecule has 0 saturated carbocycles. The lowest BCUT2D eigenvalue weighted by atomic mass is 11.7.